The molecule has 5 nitrogen and oxygen atoms in total. The van der Waals surface area contributed by atoms with Crippen molar-refractivity contribution in [3.8, 4) is 5.75 Å². The second-order valence-electron chi connectivity index (χ2n) is 4.92. The molecule has 0 radical (unpaired) electrons. The van der Waals surface area contributed by atoms with E-state index in [0.717, 1.165) is 18.4 Å². The number of halogens is 1. The first-order valence-electron chi connectivity index (χ1n) is 6.38. The van der Waals surface area contributed by atoms with E-state index >= 15 is 0 Å². The molecule has 0 aliphatic heterocycles. The van der Waals surface area contributed by atoms with Crippen LogP contribution in [-0.4, -0.2) is 29.6 Å². The summed E-state index contributed by atoms with van der Waals surface area (Å²) in [6, 6.07) is 4.27. The van der Waals surface area contributed by atoms with Gasteiger partial charge in [-0.3, -0.25) is 4.79 Å². The van der Waals surface area contributed by atoms with Crippen molar-refractivity contribution in [1.82, 2.24) is 5.32 Å². The fraction of sp³-hybridized carbons (Fsp3) is 0.429. The first kappa shape index (κ1) is 14.7. The van der Waals surface area contributed by atoms with Crippen LogP contribution in [0.1, 0.15) is 18.4 Å². The lowest BCUT2D eigenvalue weighted by molar-refractivity contribution is -0.142. The number of ether oxygens (including phenoxy) is 1. The van der Waals surface area contributed by atoms with Crippen molar-refractivity contribution < 1.29 is 19.4 Å². The quantitative estimate of drug-likeness (QED) is 0.842. The number of amides is 1. The highest BCUT2D eigenvalue weighted by Crippen LogP contribution is 2.32. The van der Waals surface area contributed by atoms with Crippen molar-refractivity contribution in [3.05, 3.63) is 28.8 Å². The van der Waals surface area contributed by atoms with Crippen molar-refractivity contribution in [3.63, 3.8) is 0 Å². The lowest BCUT2D eigenvalue weighted by Crippen LogP contribution is -2.44. The Morgan fingerprint density at radius 3 is 2.75 bits per heavy atom. The number of hydrogen-bond donors (Lipinski definition) is 2. The Bertz CT molecular complexity index is 528. The van der Waals surface area contributed by atoms with Gasteiger partial charge in [-0.15, -0.1) is 0 Å². The SMILES string of the molecule is Cc1cc(OCC(=O)NC(C(=O)O)C2CC2)ccc1Cl. The molecule has 2 N–H and O–H groups in total. The van der Waals surface area contributed by atoms with Crippen LogP contribution >= 0.6 is 11.6 Å². The normalized spacial score (nSPS) is 15.5. The van der Waals surface area contributed by atoms with Gasteiger partial charge in [0.15, 0.2) is 6.61 Å². The summed E-state index contributed by atoms with van der Waals surface area (Å²) < 4.78 is 5.32. The first-order valence-corrected chi connectivity index (χ1v) is 6.76. The zero-order valence-corrected chi connectivity index (χ0v) is 11.8. The summed E-state index contributed by atoms with van der Waals surface area (Å²) >= 11 is 5.89. The predicted molar refractivity (Wildman–Crippen MR) is 74.0 cm³/mol. The van der Waals surface area contributed by atoms with E-state index < -0.39 is 17.9 Å². The summed E-state index contributed by atoms with van der Waals surface area (Å²) in [6.45, 7) is 1.63. The van der Waals surface area contributed by atoms with Crippen molar-refractivity contribution in [2.45, 2.75) is 25.8 Å². The molecule has 1 unspecified atom stereocenters. The molecule has 2 rings (SSSR count). The predicted octanol–water partition coefficient (Wildman–Crippen LogP) is 2.01. The minimum Gasteiger partial charge on any atom is -0.484 e. The number of rotatable bonds is 6. The van der Waals surface area contributed by atoms with Gasteiger partial charge in [0.2, 0.25) is 0 Å². The van der Waals surface area contributed by atoms with Gasteiger partial charge in [0.1, 0.15) is 11.8 Å². The Labute approximate surface area is 121 Å². The number of carbonyl (C=O) groups excluding carboxylic acids is 1. The number of nitrogens with one attached hydrogen (secondary N) is 1. The standard InChI is InChI=1S/C14H16ClNO4/c1-8-6-10(4-5-11(8)15)20-7-12(17)16-13(14(18)19)9-2-3-9/h4-6,9,13H,2-3,7H2,1H3,(H,16,17)(H,18,19). The molecule has 20 heavy (non-hydrogen) atoms. The van der Waals surface area contributed by atoms with E-state index in [0.29, 0.717) is 10.8 Å². The second kappa shape index (κ2) is 6.13. The van der Waals surface area contributed by atoms with Gasteiger partial charge in [0, 0.05) is 5.02 Å². The fourth-order valence-corrected chi connectivity index (χ4v) is 2.00. The molecule has 1 atom stereocenters. The molecule has 0 heterocycles. The molecule has 0 spiro atoms. The number of carboxylic acid groups (broad SMARTS) is 1. The maximum absolute atomic E-state index is 11.7. The highest BCUT2D eigenvalue weighted by molar-refractivity contribution is 6.31. The van der Waals surface area contributed by atoms with Gasteiger partial charge < -0.3 is 15.2 Å². The van der Waals surface area contributed by atoms with Gasteiger partial charge in [-0.05, 0) is 49.4 Å². The first-order chi connectivity index (χ1) is 9.47. The van der Waals surface area contributed by atoms with Gasteiger partial charge in [-0.2, -0.15) is 0 Å². The van der Waals surface area contributed by atoms with E-state index in [-0.39, 0.29) is 12.5 Å². The molecule has 1 amide bonds. The molecule has 1 fully saturated rings. The zero-order chi connectivity index (χ0) is 14.7. The highest BCUT2D eigenvalue weighted by Gasteiger charge is 2.37. The Morgan fingerprint density at radius 2 is 2.20 bits per heavy atom. The maximum atomic E-state index is 11.7. The largest absolute Gasteiger partial charge is 0.484 e. The fourth-order valence-electron chi connectivity index (χ4n) is 1.88. The molecule has 6 heteroatoms. The van der Waals surface area contributed by atoms with Gasteiger partial charge in [0.25, 0.3) is 5.91 Å². The Balaban J connectivity index is 1.85. The summed E-state index contributed by atoms with van der Waals surface area (Å²) in [5.41, 5.74) is 0.853. The van der Waals surface area contributed by atoms with E-state index in [1.807, 2.05) is 6.92 Å². The van der Waals surface area contributed by atoms with Crippen LogP contribution in [0.25, 0.3) is 0 Å². The van der Waals surface area contributed by atoms with Crippen molar-refractivity contribution in [2.75, 3.05) is 6.61 Å². The van der Waals surface area contributed by atoms with Crippen molar-refractivity contribution >= 4 is 23.5 Å². The molecule has 1 aliphatic rings. The molecular formula is C14H16ClNO4. The van der Waals surface area contributed by atoms with Crippen LogP contribution in [0.2, 0.25) is 5.02 Å². The molecule has 1 aliphatic carbocycles. The number of aliphatic carboxylic acids is 1. The average Bonchev–Trinajstić information content (AvgIpc) is 3.21. The second-order valence-corrected chi connectivity index (χ2v) is 5.33. The third-order valence-electron chi connectivity index (χ3n) is 3.18. The van der Waals surface area contributed by atoms with Crippen molar-refractivity contribution in [1.29, 1.82) is 0 Å². The summed E-state index contributed by atoms with van der Waals surface area (Å²) in [6.07, 6.45) is 1.68. The summed E-state index contributed by atoms with van der Waals surface area (Å²) in [4.78, 5) is 22.7. The summed E-state index contributed by atoms with van der Waals surface area (Å²) in [7, 11) is 0. The summed E-state index contributed by atoms with van der Waals surface area (Å²) in [5.74, 6) is -0.852. The summed E-state index contributed by atoms with van der Waals surface area (Å²) in [5, 5.41) is 12.1. The van der Waals surface area contributed by atoms with E-state index in [9.17, 15) is 9.59 Å². The van der Waals surface area contributed by atoms with E-state index in [2.05, 4.69) is 5.32 Å². The van der Waals surface area contributed by atoms with E-state index in [1.54, 1.807) is 18.2 Å². The Kier molecular flexibility index (Phi) is 4.49. The highest BCUT2D eigenvalue weighted by atomic mass is 35.5. The minimum atomic E-state index is -0.997. The van der Waals surface area contributed by atoms with E-state index in [4.69, 9.17) is 21.4 Å². The lowest BCUT2D eigenvalue weighted by atomic mass is 10.2. The smallest absolute Gasteiger partial charge is 0.326 e. The number of carbonyl (C=O) groups is 2. The van der Waals surface area contributed by atoms with Crippen LogP contribution in [0.15, 0.2) is 18.2 Å². The lowest BCUT2D eigenvalue weighted by Gasteiger charge is -2.14. The third kappa shape index (κ3) is 3.87. The number of benzene rings is 1. The molecule has 0 bridgehead atoms. The Morgan fingerprint density at radius 1 is 1.50 bits per heavy atom. The molecule has 1 saturated carbocycles. The topological polar surface area (TPSA) is 75.6 Å². The van der Waals surface area contributed by atoms with Gasteiger partial charge in [-0.1, -0.05) is 11.6 Å². The average molecular weight is 298 g/mol. The van der Waals surface area contributed by atoms with Crippen molar-refractivity contribution in [2.24, 2.45) is 5.92 Å². The molecule has 1 aromatic carbocycles. The van der Waals surface area contributed by atoms with Gasteiger partial charge >= 0.3 is 5.97 Å². The molecular weight excluding hydrogens is 282 g/mol. The molecule has 1 aromatic rings. The van der Waals surface area contributed by atoms with Gasteiger partial charge in [0.05, 0.1) is 0 Å². The third-order valence-corrected chi connectivity index (χ3v) is 3.60. The maximum Gasteiger partial charge on any atom is 0.326 e. The molecule has 0 aromatic heterocycles. The number of aryl methyl sites for hydroxylation is 1. The molecule has 108 valence electrons. The van der Waals surface area contributed by atoms with Crippen LogP contribution in [0.4, 0.5) is 0 Å². The van der Waals surface area contributed by atoms with E-state index in [1.165, 1.54) is 0 Å². The van der Waals surface area contributed by atoms with Crippen LogP contribution < -0.4 is 10.1 Å². The molecule has 0 saturated heterocycles. The van der Waals surface area contributed by atoms with Gasteiger partial charge in [-0.25, -0.2) is 4.79 Å². The number of carboxylic acids is 1. The van der Waals surface area contributed by atoms with Crippen LogP contribution in [0, 0.1) is 12.8 Å². The zero-order valence-electron chi connectivity index (χ0n) is 11.1. The minimum absolute atomic E-state index is 0.0502. The monoisotopic (exact) mass is 297 g/mol. The van der Waals surface area contributed by atoms with Crippen LogP contribution in [0.5, 0.6) is 5.75 Å². The van der Waals surface area contributed by atoms with Crippen LogP contribution in [0.3, 0.4) is 0 Å². The Hall–Kier alpha value is -1.75. The number of hydrogen-bond acceptors (Lipinski definition) is 3. The van der Waals surface area contributed by atoms with Crippen LogP contribution in [-0.2, 0) is 9.59 Å².